The highest BCUT2D eigenvalue weighted by Crippen LogP contribution is 2.31. The second-order valence-electron chi connectivity index (χ2n) is 4.38. The van der Waals surface area contributed by atoms with Gasteiger partial charge in [0.15, 0.2) is 0 Å². The normalized spacial score (nSPS) is 11.1. The minimum absolute atomic E-state index is 0.750. The summed E-state index contributed by atoms with van der Waals surface area (Å²) in [4.78, 5) is 5.84. The summed E-state index contributed by atoms with van der Waals surface area (Å²) in [5.41, 5.74) is 2.14. The molecule has 0 saturated heterocycles. The van der Waals surface area contributed by atoms with Crippen LogP contribution in [0, 0.1) is 0 Å². The third-order valence-electron chi connectivity index (χ3n) is 2.96. The molecule has 0 aliphatic rings. The zero-order valence-corrected chi connectivity index (χ0v) is 12.6. The van der Waals surface area contributed by atoms with E-state index in [2.05, 4.69) is 9.72 Å². The number of rotatable bonds is 4. The molecule has 0 atom stereocenters. The van der Waals surface area contributed by atoms with Gasteiger partial charge in [0.05, 0.1) is 5.69 Å². The molecule has 0 radical (unpaired) electrons. The van der Waals surface area contributed by atoms with Gasteiger partial charge in [-0.15, -0.1) is 0 Å². The number of benzene rings is 1. The molecule has 0 saturated carbocycles. The van der Waals surface area contributed by atoms with E-state index in [1.165, 1.54) is 5.69 Å². The quantitative estimate of drug-likeness (QED) is 0.793. The summed E-state index contributed by atoms with van der Waals surface area (Å²) in [6.07, 6.45) is 2.04. The van der Waals surface area contributed by atoms with Crippen molar-refractivity contribution in [2.75, 3.05) is 7.05 Å². The number of pyridine rings is 1. The van der Waals surface area contributed by atoms with Crippen LogP contribution in [0.3, 0.4) is 0 Å². The molecule has 1 N–H and O–H groups in total. The van der Waals surface area contributed by atoms with Crippen LogP contribution in [-0.4, -0.2) is 16.4 Å². The summed E-state index contributed by atoms with van der Waals surface area (Å²) in [6.45, 7) is 0.779. The molecule has 3 aromatic rings. The Labute approximate surface area is 127 Å². The lowest BCUT2D eigenvalue weighted by molar-refractivity contribution is 0.764. The lowest BCUT2D eigenvalue weighted by Gasteiger charge is -2.04. The largest absolute Gasteiger partial charge is 0.314 e. The van der Waals surface area contributed by atoms with Gasteiger partial charge in [-0.2, -0.15) is 0 Å². The zero-order chi connectivity index (χ0) is 13.9. The van der Waals surface area contributed by atoms with Crippen molar-refractivity contribution in [3.63, 3.8) is 0 Å². The highest BCUT2D eigenvalue weighted by molar-refractivity contribution is 7.99. The number of aromatic nitrogens is 2. The van der Waals surface area contributed by atoms with Crippen LogP contribution in [0.4, 0.5) is 0 Å². The first-order valence-electron chi connectivity index (χ1n) is 6.32. The Balaban J connectivity index is 2.01. The van der Waals surface area contributed by atoms with Crippen molar-refractivity contribution in [3.8, 4) is 0 Å². The smallest absolute Gasteiger partial charge is 0.138 e. The van der Waals surface area contributed by atoms with Gasteiger partial charge in [-0.1, -0.05) is 29.4 Å². The minimum Gasteiger partial charge on any atom is -0.314 e. The average Bonchev–Trinajstić information content (AvgIpc) is 2.80. The number of fused-ring (bicyclic) bond motifs is 1. The van der Waals surface area contributed by atoms with E-state index >= 15 is 0 Å². The summed E-state index contributed by atoms with van der Waals surface area (Å²) < 4.78 is 2.12. The van der Waals surface area contributed by atoms with Crippen molar-refractivity contribution in [1.29, 1.82) is 0 Å². The molecule has 0 unspecified atom stereocenters. The second kappa shape index (κ2) is 5.87. The molecule has 0 fully saturated rings. The molecule has 5 heteroatoms. The second-order valence-corrected chi connectivity index (χ2v) is 5.88. The molecule has 1 aromatic carbocycles. The first-order valence-corrected chi connectivity index (χ1v) is 7.51. The highest BCUT2D eigenvalue weighted by atomic mass is 35.5. The predicted molar refractivity (Wildman–Crippen MR) is 83.5 cm³/mol. The topological polar surface area (TPSA) is 29.3 Å². The molecule has 3 nitrogen and oxygen atoms in total. The van der Waals surface area contributed by atoms with Crippen LogP contribution in [0.5, 0.6) is 0 Å². The molecule has 0 spiro atoms. The van der Waals surface area contributed by atoms with Crippen molar-refractivity contribution in [3.05, 3.63) is 59.4 Å². The highest BCUT2D eigenvalue weighted by Gasteiger charge is 2.12. The molecule has 0 bridgehead atoms. The van der Waals surface area contributed by atoms with E-state index in [9.17, 15) is 0 Å². The van der Waals surface area contributed by atoms with E-state index < -0.39 is 0 Å². The van der Waals surface area contributed by atoms with Crippen LogP contribution < -0.4 is 5.32 Å². The Hall–Kier alpha value is -1.49. The third kappa shape index (κ3) is 2.68. The summed E-state index contributed by atoms with van der Waals surface area (Å²) in [5.74, 6) is 0. The number of nitrogens with one attached hydrogen (secondary N) is 1. The van der Waals surface area contributed by atoms with Crippen molar-refractivity contribution >= 4 is 29.0 Å². The Kier molecular flexibility index (Phi) is 3.96. The number of hydrogen-bond acceptors (Lipinski definition) is 3. The van der Waals surface area contributed by atoms with Crippen molar-refractivity contribution in [2.24, 2.45) is 0 Å². The number of hydrogen-bond donors (Lipinski definition) is 1. The van der Waals surface area contributed by atoms with Crippen LogP contribution in [-0.2, 0) is 6.54 Å². The fraction of sp³-hybridized carbons (Fsp3) is 0.133. The fourth-order valence-corrected chi connectivity index (χ4v) is 3.10. The van der Waals surface area contributed by atoms with Gasteiger partial charge in [0.25, 0.3) is 0 Å². The van der Waals surface area contributed by atoms with Gasteiger partial charge in [0.2, 0.25) is 0 Å². The number of nitrogens with zero attached hydrogens (tertiary/aromatic N) is 2. The maximum absolute atomic E-state index is 5.92. The van der Waals surface area contributed by atoms with Gasteiger partial charge in [0.1, 0.15) is 10.7 Å². The van der Waals surface area contributed by atoms with Crippen LogP contribution in [0.15, 0.2) is 58.6 Å². The molecular formula is C15H14ClN3S. The first-order chi connectivity index (χ1) is 9.78. The van der Waals surface area contributed by atoms with Crippen LogP contribution in [0.2, 0.25) is 5.02 Å². The lowest BCUT2D eigenvalue weighted by atomic mass is 10.4. The Morgan fingerprint density at radius 3 is 2.75 bits per heavy atom. The SMILES string of the molecule is CNCc1c(Sc2ccc(Cl)cc2)nc2ccccn12. The lowest BCUT2D eigenvalue weighted by Crippen LogP contribution is -2.08. The molecule has 102 valence electrons. The summed E-state index contributed by atoms with van der Waals surface area (Å²) in [6, 6.07) is 13.9. The Bertz CT molecular complexity index is 722. The summed E-state index contributed by atoms with van der Waals surface area (Å²) >= 11 is 7.58. The molecule has 20 heavy (non-hydrogen) atoms. The maximum Gasteiger partial charge on any atom is 0.138 e. The predicted octanol–water partition coefficient (Wildman–Crippen LogP) is 3.86. The Morgan fingerprint density at radius 1 is 1.20 bits per heavy atom. The van der Waals surface area contributed by atoms with Crippen LogP contribution in [0.25, 0.3) is 5.65 Å². The molecular weight excluding hydrogens is 290 g/mol. The average molecular weight is 304 g/mol. The van der Waals surface area contributed by atoms with E-state index in [0.717, 1.165) is 27.1 Å². The summed E-state index contributed by atoms with van der Waals surface area (Å²) in [5, 5.41) is 4.97. The molecule has 0 amide bonds. The monoisotopic (exact) mass is 303 g/mol. The van der Waals surface area contributed by atoms with E-state index in [1.807, 2.05) is 55.7 Å². The van der Waals surface area contributed by atoms with Gasteiger partial charge in [0, 0.05) is 22.7 Å². The fourth-order valence-electron chi connectivity index (χ4n) is 2.05. The summed E-state index contributed by atoms with van der Waals surface area (Å²) in [7, 11) is 1.94. The number of halogens is 1. The maximum atomic E-state index is 5.92. The van der Waals surface area contributed by atoms with E-state index in [-0.39, 0.29) is 0 Å². The Morgan fingerprint density at radius 2 is 2.00 bits per heavy atom. The first kappa shape index (κ1) is 13.5. The molecule has 3 rings (SSSR count). The van der Waals surface area contributed by atoms with E-state index in [4.69, 9.17) is 16.6 Å². The molecule has 2 aromatic heterocycles. The van der Waals surface area contributed by atoms with Gasteiger partial charge in [-0.25, -0.2) is 4.98 Å². The van der Waals surface area contributed by atoms with Crippen LogP contribution >= 0.6 is 23.4 Å². The third-order valence-corrected chi connectivity index (χ3v) is 4.24. The van der Waals surface area contributed by atoms with Crippen molar-refractivity contribution in [2.45, 2.75) is 16.5 Å². The van der Waals surface area contributed by atoms with Crippen molar-refractivity contribution < 1.29 is 0 Å². The van der Waals surface area contributed by atoms with Crippen LogP contribution in [0.1, 0.15) is 5.69 Å². The van der Waals surface area contributed by atoms with Gasteiger partial charge < -0.3 is 9.72 Å². The molecule has 0 aliphatic heterocycles. The minimum atomic E-state index is 0.750. The van der Waals surface area contributed by atoms with Crippen molar-refractivity contribution in [1.82, 2.24) is 14.7 Å². The van der Waals surface area contributed by atoms with E-state index in [1.54, 1.807) is 11.8 Å². The molecule has 0 aliphatic carbocycles. The van der Waals surface area contributed by atoms with Gasteiger partial charge in [-0.05, 0) is 43.4 Å². The number of imidazole rings is 1. The zero-order valence-electron chi connectivity index (χ0n) is 11.0. The van der Waals surface area contributed by atoms with E-state index in [0.29, 0.717) is 0 Å². The van der Waals surface area contributed by atoms with Gasteiger partial charge >= 0.3 is 0 Å². The standard InChI is InChI=1S/C15H14ClN3S/c1-17-10-13-15(18-14-4-2-3-9-19(13)14)20-12-7-5-11(16)6-8-12/h2-9,17H,10H2,1H3. The van der Waals surface area contributed by atoms with Gasteiger partial charge in [-0.3, -0.25) is 0 Å². The molecule has 2 heterocycles.